The van der Waals surface area contributed by atoms with E-state index in [9.17, 15) is 14.7 Å². The summed E-state index contributed by atoms with van der Waals surface area (Å²) >= 11 is 0. The van der Waals surface area contributed by atoms with Crippen molar-refractivity contribution in [2.45, 2.75) is 19.3 Å². The molecule has 1 atom stereocenters. The highest BCUT2D eigenvalue weighted by atomic mass is 16.5. The largest absolute Gasteiger partial charge is 0.494 e. The number of carboxylic acids is 1. The molecule has 0 saturated carbocycles. The van der Waals surface area contributed by atoms with Crippen molar-refractivity contribution in [1.82, 2.24) is 0 Å². The Morgan fingerprint density at radius 3 is 2.38 bits per heavy atom. The van der Waals surface area contributed by atoms with E-state index < -0.39 is 11.9 Å². The number of nitrogens with zero attached hydrogens (tertiary/aromatic N) is 1. The number of para-hydroxylation sites is 1. The number of carbonyl (C=O) groups is 2. The molecule has 6 heteroatoms. The smallest absolute Gasteiger partial charge is 0.312 e. The zero-order valence-corrected chi connectivity index (χ0v) is 14.6. The Labute approximate surface area is 152 Å². The van der Waals surface area contributed by atoms with Gasteiger partial charge in [0.2, 0.25) is 0 Å². The first-order valence-electron chi connectivity index (χ1n) is 8.58. The number of aliphatic carboxylic acids is 1. The van der Waals surface area contributed by atoms with E-state index in [0.717, 1.165) is 12.2 Å². The van der Waals surface area contributed by atoms with E-state index in [1.54, 1.807) is 48.5 Å². The van der Waals surface area contributed by atoms with Gasteiger partial charge in [-0.25, -0.2) is 0 Å². The van der Waals surface area contributed by atoms with Gasteiger partial charge < -0.3 is 19.5 Å². The summed E-state index contributed by atoms with van der Waals surface area (Å²) < 4.78 is 11.1. The second-order valence-corrected chi connectivity index (χ2v) is 6.06. The van der Waals surface area contributed by atoms with Gasteiger partial charge in [-0.1, -0.05) is 25.1 Å². The van der Waals surface area contributed by atoms with Crippen LogP contribution in [0.1, 0.15) is 24.8 Å². The van der Waals surface area contributed by atoms with E-state index in [1.165, 1.54) is 4.90 Å². The lowest BCUT2D eigenvalue weighted by molar-refractivity contribution is -0.138. The van der Waals surface area contributed by atoms with Gasteiger partial charge in [-0.05, 0) is 42.3 Å². The molecule has 0 aromatic heterocycles. The molecular weight excluding hydrogens is 334 g/mol. The molecule has 1 N–H and O–H groups in total. The zero-order chi connectivity index (χ0) is 18.5. The SMILES string of the molecule is CCCOc1ccc(OCC(=O)N2CC(C(=O)O)c3ccccc32)cc1. The molecule has 0 fully saturated rings. The predicted octanol–water partition coefficient (Wildman–Crippen LogP) is 3.07. The average Bonchev–Trinajstić information content (AvgIpc) is 3.05. The minimum absolute atomic E-state index is 0.126. The lowest BCUT2D eigenvalue weighted by atomic mass is 10.0. The van der Waals surface area contributed by atoms with Crippen LogP contribution in [0.2, 0.25) is 0 Å². The molecule has 2 aromatic carbocycles. The second-order valence-electron chi connectivity index (χ2n) is 6.06. The summed E-state index contributed by atoms with van der Waals surface area (Å²) in [6.45, 7) is 2.66. The Kier molecular flexibility index (Phi) is 5.41. The van der Waals surface area contributed by atoms with Gasteiger partial charge in [-0.2, -0.15) is 0 Å². The summed E-state index contributed by atoms with van der Waals surface area (Å²) in [5, 5.41) is 9.37. The Morgan fingerprint density at radius 2 is 1.73 bits per heavy atom. The van der Waals surface area contributed by atoms with E-state index in [1.807, 2.05) is 6.92 Å². The maximum absolute atomic E-state index is 12.5. The standard InChI is InChI=1S/C20H21NO5/c1-2-11-25-14-7-9-15(10-8-14)26-13-19(22)21-12-17(20(23)24)16-5-3-4-6-18(16)21/h3-10,17H,2,11-13H2,1H3,(H,23,24). The third kappa shape index (κ3) is 3.79. The Hall–Kier alpha value is -3.02. The fourth-order valence-electron chi connectivity index (χ4n) is 2.93. The topological polar surface area (TPSA) is 76.1 Å². The van der Waals surface area contributed by atoms with Crippen LogP contribution in [0.15, 0.2) is 48.5 Å². The summed E-state index contributed by atoms with van der Waals surface area (Å²) in [4.78, 5) is 25.5. The van der Waals surface area contributed by atoms with E-state index in [4.69, 9.17) is 9.47 Å². The molecule has 0 bridgehead atoms. The highest BCUT2D eigenvalue weighted by molar-refractivity contribution is 5.99. The van der Waals surface area contributed by atoms with Gasteiger partial charge in [0.05, 0.1) is 6.61 Å². The summed E-state index contributed by atoms with van der Waals surface area (Å²) in [5.74, 6) is -0.596. The Morgan fingerprint density at radius 1 is 1.08 bits per heavy atom. The van der Waals surface area contributed by atoms with E-state index >= 15 is 0 Å². The van der Waals surface area contributed by atoms with Crippen LogP contribution in [0.25, 0.3) is 0 Å². The van der Waals surface area contributed by atoms with Crippen LogP contribution < -0.4 is 14.4 Å². The van der Waals surface area contributed by atoms with Crippen LogP contribution in [-0.2, 0) is 9.59 Å². The van der Waals surface area contributed by atoms with Crippen molar-refractivity contribution in [1.29, 1.82) is 0 Å². The van der Waals surface area contributed by atoms with Crippen molar-refractivity contribution >= 4 is 17.6 Å². The number of hydrogen-bond acceptors (Lipinski definition) is 4. The quantitative estimate of drug-likeness (QED) is 0.826. The summed E-state index contributed by atoms with van der Waals surface area (Å²) in [7, 11) is 0. The molecule has 1 amide bonds. The first kappa shape index (κ1) is 17.8. The zero-order valence-electron chi connectivity index (χ0n) is 14.6. The lowest BCUT2D eigenvalue weighted by Crippen LogP contribution is -2.35. The van der Waals surface area contributed by atoms with Crippen LogP contribution in [0.3, 0.4) is 0 Å². The third-order valence-electron chi connectivity index (χ3n) is 4.23. The highest BCUT2D eigenvalue weighted by Gasteiger charge is 2.36. The number of anilines is 1. The number of carboxylic acid groups (broad SMARTS) is 1. The second kappa shape index (κ2) is 7.91. The van der Waals surface area contributed by atoms with E-state index in [2.05, 4.69) is 0 Å². The molecule has 2 aromatic rings. The molecule has 136 valence electrons. The summed E-state index contributed by atoms with van der Waals surface area (Å²) in [5.41, 5.74) is 1.29. The van der Waals surface area contributed by atoms with Gasteiger partial charge in [-0.15, -0.1) is 0 Å². The fraction of sp³-hybridized carbons (Fsp3) is 0.300. The Bertz CT molecular complexity index is 787. The van der Waals surface area contributed by atoms with Crippen LogP contribution >= 0.6 is 0 Å². The average molecular weight is 355 g/mol. The van der Waals surface area contributed by atoms with Gasteiger partial charge in [0.25, 0.3) is 5.91 Å². The predicted molar refractivity (Wildman–Crippen MR) is 96.9 cm³/mol. The van der Waals surface area contributed by atoms with E-state index in [-0.39, 0.29) is 19.1 Å². The van der Waals surface area contributed by atoms with Crippen molar-refractivity contribution in [3.05, 3.63) is 54.1 Å². The van der Waals surface area contributed by atoms with Crippen molar-refractivity contribution in [3.63, 3.8) is 0 Å². The van der Waals surface area contributed by atoms with Crippen molar-refractivity contribution in [2.24, 2.45) is 0 Å². The summed E-state index contributed by atoms with van der Waals surface area (Å²) in [6.07, 6.45) is 0.932. The fourth-order valence-corrected chi connectivity index (χ4v) is 2.93. The first-order chi connectivity index (χ1) is 12.6. The maximum Gasteiger partial charge on any atom is 0.312 e. The monoisotopic (exact) mass is 355 g/mol. The van der Waals surface area contributed by atoms with E-state index in [0.29, 0.717) is 23.6 Å². The molecule has 1 unspecified atom stereocenters. The number of hydrogen-bond donors (Lipinski definition) is 1. The minimum atomic E-state index is -0.934. The lowest BCUT2D eigenvalue weighted by Gasteiger charge is -2.18. The molecule has 0 spiro atoms. The van der Waals surface area contributed by atoms with Crippen LogP contribution in [-0.4, -0.2) is 36.7 Å². The first-order valence-corrected chi connectivity index (χ1v) is 8.58. The number of ether oxygens (including phenoxy) is 2. The van der Waals surface area contributed by atoms with Crippen LogP contribution in [0, 0.1) is 0 Å². The molecule has 1 aliphatic heterocycles. The third-order valence-corrected chi connectivity index (χ3v) is 4.23. The Balaban J connectivity index is 1.63. The molecular formula is C20H21NO5. The van der Waals surface area contributed by atoms with Gasteiger partial charge in [0, 0.05) is 12.2 Å². The molecule has 0 saturated heterocycles. The van der Waals surface area contributed by atoms with Crippen molar-refractivity contribution < 1.29 is 24.2 Å². The normalized spacial score (nSPS) is 15.4. The maximum atomic E-state index is 12.5. The molecule has 1 heterocycles. The van der Waals surface area contributed by atoms with Gasteiger partial charge >= 0.3 is 5.97 Å². The minimum Gasteiger partial charge on any atom is -0.494 e. The molecule has 0 aliphatic carbocycles. The van der Waals surface area contributed by atoms with Crippen LogP contribution in [0.4, 0.5) is 5.69 Å². The van der Waals surface area contributed by atoms with Gasteiger partial charge in [-0.3, -0.25) is 9.59 Å². The van der Waals surface area contributed by atoms with Gasteiger partial charge in [0.1, 0.15) is 17.4 Å². The molecule has 6 nitrogen and oxygen atoms in total. The van der Waals surface area contributed by atoms with Crippen molar-refractivity contribution in [3.8, 4) is 11.5 Å². The molecule has 0 radical (unpaired) electrons. The number of carbonyl (C=O) groups excluding carboxylic acids is 1. The molecule has 3 rings (SSSR count). The highest BCUT2D eigenvalue weighted by Crippen LogP contribution is 2.36. The number of rotatable bonds is 7. The number of amides is 1. The number of benzene rings is 2. The summed E-state index contributed by atoms with van der Waals surface area (Å²) in [6, 6.07) is 14.2. The number of fused-ring (bicyclic) bond motifs is 1. The van der Waals surface area contributed by atoms with Crippen LogP contribution in [0.5, 0.6) is 11.5 Å². The molecule has 26 heavy (non-hydrogen) atoms. The molecule has 1 aliphatic rings. The van der Waals surface area contributed by atoms with Crippen molar-refractivity contribution in [2.75, 3.05) is 24.7 Å². The van der Waals surface area contributed by atoms with Gasteiger partial charge in [0.15, 0.2) is 6.61 Å².